The Morgan fingerprint density at radius 1 is 1.38 bits per heavy atom. The van der Waals surface area contributed by atoms with Crippen LogP contribution >= 0.6 is 0 Å². The number of nitrogens with one attached hydrogen (secondary N) is 1. The molecule has 0 aliphatic carbocycles. The molecule has 11 heteroatoms. The van der Waals surface area contributed by atoms with E-state index in [4.69, 9.17) is 10.2 Å². The molecular formula is C10H10F3NO6S. The largest absolute Gasteiger partial charge is 0.573 e. The molecule has 1 aromatic carbocycles. The summed E-state index contributed by atoms with van der Waals surface area (Å²) in [6, 6.07) is 3.52. The summed E-state index contributed by atoms with van der Waals surface area (Å²) in [7, 11) is -4.29. The zero-order valence-electron chi connectivity index (χ0n) is 10.2. The van der Waals surface area contributed by atoms with Crippen LogP contribution in [0.25, 0.3) is 0 Å². The first kappa shape index (κ1) is 17.2. The number of sulfonamides is 1. The Bertz CT molecular complexity index is 615. The van der Waals surface area contributed by atoms with Gasteiger partial charge in [0, 0.05) is 12.6 Å². The smallest absolute Gasteiger partial charge is 0.479 e. The van der Waals surface area contributed by atoms with Gasteiger partial charge in [0.25, 0.3) is 0 Å². The number of aliphatic carboxylic acids is 1. The molecule has 3 N–H and O–H groups in total. The second-order valence-electron chi connectivity index (χ2n) is 3.73. The van der Waals surface area contributed by atoms with Crippen molar-refractivity contribution < 1.29 is 41.3 Å². The summed E-state index contributed by atoms with van der Waals surface area (Å²) in [6.07, 6.45) is -6.95. The topological polar surface area (TPSA) is 113 Å². The second-order valence-corrected chi connectivity index (χ2v) is 5.50. The molecular weight excluding hydrogens is 319 g/mol. The SMILES string of the molecule is O=C(O)[C@@H](O)CNS(=O)(=O)c1cccc(OC(F)(F)F)c1. The van der Waals surface area contributed by atoms with Crippen LogP contribution in [0.4, 0.5) is 13.2 Å². The minimum atomic E-state index is -4.98. The normalized spacial score (nSPS) is 13.7. The number of alkyl halides is 3. The van der Waals surface area contributed by atoms with E-state index in [0.29, 0.717) is 6.07 Å². The minimum absolute atomic E-state index is 0.568. The molecule has 1 rings (SSSR count). The monoisotopic (exact) mass is 329 g/mol. The summed E-state index contributed by atoms with van der Waals surface area (Å²) in [6.45, 7) is -0.831. The third-order valence-corrected chi connectivity index (χ3v) is 3.52. The number of aliphatic hydroxyl groups is 1. The summed E-state index contributed by atoms with van der Waals surface area (Å²) in [5.41, 5.74) is 0. The third-order valence-electron chi connectivity index (χ3n) is 2.10. The van der Waals surface area contributed by atoms with Crippen molar-refractivity contribution in [3.63, 3.8) is 0 Å². The lowest BCUT2D eigenvalue weighted by atomic mass is 10.3. The molecule has 0 aliphatic rings. The maximum atomic E-state index is 12.0. The molecule has 0 unspecified atom stereocenters. The maximum Gasteiger partial charge on any atom is 0.573 e. The van der Waals surface area contributed by atoms with Gasteiger partial charge < -0.3 is 14.9 Å². The van der Waals surface area contributed by atoms with Crippen molar-refractivity contribution in [3.8, 4) is 5.75 Å². The van der Waals surface area contributed by atoms with E-state index >= 15 is 0 Å². The summed E-state index contributed by atoms with van der Waals surface area (Å²) < 4.78 is 64.8. The van der Waals surface area contributed by atoms with Crippen molar-refractivity contribution in [2.45, 2.75) is 17.4 Å². The lowest BCUT2D eigenvalue weighted by molar-refractivity contribution is -0.274. The predicted octanol–water partition coefficient (Wildman–Crippen LogP) is 0.309. The Hall–Kier alpha value is -1.85. The van der Waals surface area contributed by atoms with Crippen LogP contribution in [0.2, 0.25) is 0 Å². The van der Waals surface area contributed by atoms with Gasteiger partial charge in [-0.15, -0.1) is 13.2 Å². The second kappa shape index (κ2) is 6.28. The molecule has 0 fully saturated rings. The van der Waals surface area contributed by atoms with E-state index < -0.39 is 45.6 Å². The molecule has 0 saturated heterocycles. The number of ether oxygens (including phenoxy) is 1. The Kier molecular flexibility index (Phi) is 5.15. The van der Waals surface area contributed by atoms with Gasteiger partial charge in [0.1, 0.15) is 5.75 Å². The van der Waals surface area contributed by atoms with Crippen molar-refractivity contribution >= 4 is 16.0 Å². The molecule has 1 aromatic rings. The molecule has 0 bridgehead atoms. The molecule has 0 aromatic heterocycles. The van der Waals surface area contributed by atoms with Gasteiger partial charge in [0.05, 0.1) is 4.90 Å². The van der Waals surface area contributed by atoms with Crippen LogP contribution in [0, 0.1) is 0 Å². The predicted molar refractivity (Wildman–Crippen MR) is 62.0 cm³/mol. The molecule has 0 amide bonds. The summed E-state index contributed by atoms with van der Waals surface area (Å²) in [4.78, 5) is 9.77. The number of rotatable bonds is 6. The van der Waals surface area contributed by atoms with E-state index in [-0.39, 0.29) is 0 Å². The molecule has 0 heterocycles. The van der Waals surface area contributed by atoms with Gasteiger partial charge in [-0.25, -0.2) is 17.9 Å². The van der Waals surface area contributed by atoms with Gasteiger partial charge in [-0.2, -0.15) is 0 Å². The zero-order chi connectivity index (χ0) is 16.3. The number of carbonyl (C=O) groups is 1. The number of halogens is 3. The van der Waals surface area contributed by atoms with E-state index in [2.05, 4.69) is 4.74 Å². The lowest BCUT2D eigenvalue weighted by Gasteiger charge is -2.11. The Balaban J connectivity index is 2.89. The van der Waals surface area contributed by atoms with Crippen molar-refractivity contribution in [2.24, 2.45) is 0 Å². The number of carboxylic acid groups (broad SMARTS) is 1. The fourth-order valence-corrected chi connectivity index (χ4v) is 2.27. The fourth-order valence-electron chi connectivity index (χ4n) is 1.20. The van der Waals surface area contributed by atoms with Crippen molar-refractivity contribution in [1.82, 2.24) is 4.72 Å². The summed E-state index contributed by atoms with van der Waals surface area (Å²) in [5.74, 6) is -2.39. The van der Waals surface area contributed by atoms with E-state index in [1.807, 2.05) is 0 Å². The number of hydrogen-bond acceptors (Lipinski definition) is 5. The third kappa shape index (κ3) is 5.57. The van der Waals surface area contributed by atoms with Gasteiger partial charge in [0.2, 0.25) is 10.0 Å². The van der Waals surface area contributed by atoms with E-state index in [1.165, 1.54) is 0 Å². The van der Waals surface area contributed by atoms with E-state index in [1.54, 1.807) is 4.72 Å². The molecule has 0 saturated carbocycles. The summed E-state index contributed by atoms with van der Waals surface area (Å²) >= 11 is 0. The highest BCUT2D eigenvalue weighted by Gasteiger charge is 2.31. The lowest BCUT2D eigenvalue weighted by Crippen LogP contribution is -2.36. The van der Waals surface area contributed by atoms with Gasteiger partial charge in [-0.3, -0.25) is 0 Å². The maximum absolute atomic E-state index is 12.0. The molecule has 21 heavy (non-hydrogen) atoms. The fraction of sp³-hybridized carbons (Fsp3) is 0.300. The highest BCUT2D eigenvalue weighted by Crippen LogP contribution is 2.24. The van der Waals surface area contributed by atoms with Crippen LogP contribution in [0.3, 0.4) is 0 Å². The molecule has 118 valence electrons. The first-order valence-corrected chi connectivity index (χ1v) is 6.76. The summed E-state index contributed by atoms with van der Waals surface area (Å²) in [5, 5.41) is 17.3. The number of carboxylic acids is 1. The Morgan fingerprint density at radius 2 is 2.00 bits per heavy atom. The standard InChI is InChI=1S/C10H10F3NO6S/c11-10(12,13)20-6-2-1-3-7(4-6)21(18,19)14-5-8(15)9(16)17/h1-4,8,14-15H,5H2,(H,16,17)/t8-/m0/s1. The minimum Gasteiger partial charge on any atom is -0.479 e. The quantitative estimate of drug-likeness (QED) is 0.692. The van der Waals surface area contributed by atoms with Crippen molar-refractivity contribution in [3.05, 3.63) is 24.3 Å². The van der Waals surface area contributed by atoms with Crippen LogP contribution in [-0.4, -0.2) is 43.6 Å². The number of benzene rings is 1. The number of hydrogen-bond donors (Lipinski definition) is 3. The van der Waals surface area contributed by atoms with Crippen LogP contribution in [0.5, 0.6) is 5.75 Å². The first-order chi connectivity index (χ1) is 9.51. The van der Waals surface area contributed by atoms with Crippen LogP contribution in [0.1, 0.15) is 0 Å². The molecule has 0 spiro atoms. The average molecular weight is 329 g/mol. The first-order valence-electron chi connectivity index (χ1n) is 5.27. The van der Waals surface area contributed by atoms with Gasteiger partial charge in [-0.1, -0.05) is 6.07 Å². The van der Waals surface area contributed by atoms with Crippen LogP contribution in [0.15, 0.2) is 29.2 Å². The van der Waals surface area contributed by atoms with Crippen molar-refractivity contribution in [2.75, 3.05) is 6.54 Å². The Morgan fingerprint density at radius 3 is 2.52 bits per heavy atom. The molecule has 1 atom stereocenters. The van der Waals surface area contributed by atoms with Crippen LogP contribution < -0.4 is 9.46 Å². The molecule has 0 radical (unpaired) electrons. The molecule has 0 aliphatic heterocycles. The highest BCUT2D eigenvalue weighted by atomic mass is 32.2. The Labute approximate surface area is 117 Å². The van der Waals surface area contributed by atoms with E-state index in [0.717, 1.165) is 18.2 Å². The highest BCUT2D eigenvalue weighted by molar-refractivity contribution is 7.89. The van der Waals surface area contributed by atoms with Crippen molar-refractivity contribution in [1.29, 1.82) is 0 Å². The van der Waals surface area contributed by atoms with Gasteiger partial charge in [-0.05, 0) is 12.1 Å². The number of aliphatic hydroxyl groups excluding tert-OH is 1. The van der Waals surface area contributed by atoms with Gasteiger partial charge in [0.15, 0.2) is 6.10 Å². The van der Waals surface area contributed by atoms with Gasteiger partial charge >= 0.3 is 12.3 Å². The zero-order valence-corrected chi connectivity index (χ0v) is 11.0. The average Bonchev–Trinajstić information content (AvgIpc) is 2.34. The molecule has 7 nitrogen and oxygen atoms in total. The van der Waals surface area contributed by atoms with E-state index in [9.17, 15) is 26.4 Å². The van der Waals surface area contributed by atoms with Crippen LogP contribution in [-0.2, 0) is 14.8 Å².